The molecule has 1 aromatic heterocycles. The van der Waals surface area contributed by atoms with Crippen molar-refractivity contribution in [1.29, 1.82) is 0 Å². The minimum Gasteiger partial charge on any atom is -0.496 e. The smallest absolute Gasteiger partial charge is 0.163 e. The first-order chi connectivity index (χ1) is 12.1. The summed E-state index contributed by atoms with van der Waals surface area (Å²) in [4.78, 5) is 12.1. The monoisotopic (exact) mass is 333 g/mol. The van der Waals surface area contributed by atoms with E-state index in [0.717, 1.165) is 36.7 Å². The molecule has 0 amide bonds. The number of rotatable bonds is 4. The van der Waals surface area contributed by atoms with Crippen LogP contribution in [-0.2, 0) is 13.0 Å². The van der Waals surface area contributed by atoms with Crippen LogP contribution in [0, 0.1) is 0 Å². The topological polar surface area (TPSA) is 31.2 Å². The van der Waals surface area contributed by atoms with Crippen LogP contribution in [0.3, 0.4) is 0 Å². The maximum absolute atomic E-state index is 12.1. The minimum absolute atomic E-state index is 0.0344. The number of benzene rings is 2. The zero-order valence-electron chi connectivity index (χ0n) is 15.1. The zero-order valence-corrected chi connectivity index (χ0v) is 15.1. The summed E-state index contributed by atoms with van der Waals surface area (Å²) in [6.45, 7) is 8.95. The first-order valence-corrected chi connectivity index (χ1v) is 8.91. The molecule has 0 saturated carbocycles. The third-order valence-corrected chi connectivity index (χ3v) is 5.34. The standard InChI is InChI=1S/C22H23NO2/c1-5-10-23-19-9-8-15-13(2)6-7-16(15)22(19)18-11-17(14(3)24)21(25-4)12-20(18)23/h8-9,11-12H,2,5-7,10H2,1,3-4H3. The molecule has 2 aromatic carbocycles. The van der Waals surface area contributed by atoms with Crippen molar-refractivity contribution in [2.45, 2.75) is 39.7 Å². The fourth-order valence-electron chi connectivity index (χ4n) is 4.19. The van der Waals surface area contributed by atoms with E-state index in [-0.39, 0.29) is 5.78 Å². The number of Topliss-reactive ketones (excluding diaryl/α,β-unsaturated/α-hetero) is 1. The Morgan fingerprint density at radius 3 is 2.72 bits per heavy atom. The first-order valence-electron chi connectivity index (χ1n) is 8.91. The highest BCUT2D eigenvalue weighted by atomic mass is 16.5. The van der Waals surface area contributed by atoms with Gasteiger partial charge in [-0.25, -0.2) is 0 Å². The van der Waals surface area contributed by atoms with Crippen LogP contribution in [0.1, 0.15) is 48.2 Å². The van der Waals surface area contributed by atoms with Crippen LogP contribution < -0.4 is 4.74 Å². The van der Waals surface area contributed by atoms with Crippen LogP contribution in [0.25, 0.3) is 27.4 Å². The van der Waals surface area contributed by atoms with E-state index in [2.05, 4.69) is 30.2 Å². The van der Waals surface area contributed by atoms with E-state index in [1.807, 2.05) is 12.1 Å². The van der Waals surface area contributed by atoms with Crippen molar-refractivity contribution in [3.63, 3.8) is 0 Å². The number of carbonyl (C=O) groups excluding carboxylic acids is 1. The lowest BCUT2D eigenvalue weighted by Crippen LogP contribution is -2.00. The lowest BCUT2D eigenvalue weighted by Gasteiger charge is -2.09. The quantitative estimate of drug-likeness (QED) is 0.601. The molecule has 1 heterocycles. The van der Waals surface area contributed by atoms with Crippen LogP contribution in [-0.4, -0.2) is 17.5 Å². The largest absolute Gasteiger partial charge is 0.496 e. The number of aromatic nitrogens is 1. The van der Waals surface area contributed by atoms with Crippen molar-refractivity contribution < 1.29 is 9.53 Å². The molecule has 3 aromatic rings. The van der Waals surface area contributed by atoms with Gasteiger partial charge in [-0.1, -0.05) is 19.6 Å². The molecule has 0 atom stereocenters. The van der Waals surface area contributed by atoms with Gasteiger partial charge in [0.25, 0.3) is 0 Å². The highest BCUT2D eigenvalue weighted by molar-refractivity contribution is 6.14. The van der Waals surface area contributed by atoms with Crippen LogP contribution in [0.15, 0.2) is 30.8 Å². The van der Waals surface area contributed by atoms with Crippen molar-refractivity contribution >= 4 is 33.2 Å². The van der Waals surface area contributed by atoms with E-state index < -0.39 is 0 Å². The molecule has 25 heavy (non-hydrogen) atoms. The molecule has 0 radical (unpaired) electrons. The Bertz CT molecular complexity index is 1040. The van der Waals surface area contributed by atoms with E-state index in [1.165, 1.54) is 27.6 Å². The van der Waals surface area contributed by atoms with Gasteiger partial charge in [0.1, 0.15) is 5.75 Å². The van der Waals surface area contributed by atoms with Crippen molar-refractivity contribution in [1.82, 2.24) is 4.57 Å². The van der Waals surface area contributed by atoms with Gasteiger partial charge in [0.2, 0.25) is 0 Å². The average molecular weight is 333 g/mol. The predicted octanol–water partition coefficient (Wildman–Crippen LogP) is 5.38. The highest BCUT2D eigenvalue weighted by Crippen LogP contribution is 2.42. The number of allylic oxidation sites excluding steroid dienone is 1. The molecule has 0 N–H and O–H groups in total. The summed E-state index contributed by atoms with van der Waals surface area (Å²) in [7, 11) is 1.63. The maximum atomic E-state index is 12.1. The van der Waals surface area contributed by atoms with Gasteiger partial charge in [-0.15, -0.1) is 0 Å². The molecular weight excluding hydrogens is 310 g/mol. The number of nitrogens with zero attached hydrogens (tertiary/aromatic N) is 1. The predicted molar refractivity (Wildman–Crippen MR) is 104 cm³/mol. The lowest BCUT2D eigenvalue weighted by atomic mass is 10.00. The van der Waals surface area contributed by atoms with Crippen LogP contribution >= 0.6 is 0 Å². The second-order valence-electron chi connectivity index (χ2n) is 6.87. The third kappa shape index (κ3) is 2.22. The SMILES string of the molecule is C=C1CCc2c1ccc1c2c2cc(C(C)=O)c(OC)cc2n1CCC. The van der Waals surface area contributed by atoms with E-state index in [0.29, 0.717) is 11.3 Å². The van der Waals surface area contributed by atoms with E-state index in [4.69, 9.17) is 4.74 Å². The van der Waals surface area contributed by atoms with E-state index in [1.54, 1.807) is 14.0 Å². The molecule has 3 nitrogen and oxygen atoms in total. The van der Waals surface area contributed by atoms with Gasteiger partial charge in [-0.2, -0.15) is 0 Å². The molecule has 128 valence electrons. The number of aryl methyl sites for hydroxylation is 2. The number of hydrogen-bond acceptors (Lipinski definition) is 2. The van der Waals surface area contributed by atoms with Gasteiger partial charge < -0.3 is 9.30 Å². The Morgan fingerprint density at radius 1 is 1.24 bits per heavy atom. The Balaban J connectivity index is 2.18. The van der Waals surface area contributed by atoms with Crippen LogP contribution in [0.2, 0.25) is 0 Å². The summed E-state index contributed by atoms with van der Waals surface area (Å²) >= 11 is 0. The number of ketones is 1. The zero-order chi connectivity index (χ0) is 17.7. The van der Waals surface area contributed by atoms with Gasteiger partial charge in [-0.3, -0.25) is 4.79 Å². The van der Waals surface area contributed by atoms with Crippen molar-refractivity contribution in [3.05, 3.63) is 47.5 Å². The molecule has 0 bridgehead atoms. The minimum atomic E-state index is 0.0344. The first kappa shape index (κ1) is 15.9. The van der Waals surface area contributed by atoms with Gasteiger partial charge in [0.05, 0.1) is 18.2 Å². The number of fused-ring (bicyclic) bond motifs is 5. The summed E-state index contributed by atoms with van der Waals surface area (Å²) in [6, 6.07) is 8.46. The van der Waals surface area contributed by atoms with Gasteiger partial charge in [-0.05, 0) is 55.0 Å². The maximum Gasteiger partial charge on any atom is 0.163 e. The molecule has 0 spiro atoms. The summed E-state index contributed by atoms with van der Waals surface area (Å²) in [5.41, 5.74) is 6.91. The summed E-state index contributed by atoms with van der Waals surface area (Å²) in [5.74, 6) is 0.688. The van der Waals surface area contributed by atoms with Crippen molar-refractivity contribution in [3.8, 4) is 5.75 Å². The van der Waals surface area contributed by atoms with Crippen LogP contribution in [0.5, 0.6) is 5.75 Å². The van der Waals surface area contributed by atoms with Gasteiger partial charge in [0, 0.05) is 28.9 Å². The van der Waals surface area contributed by atoms with Crippen LogP contribution in [0.4, 0.5) is 0 Å². The highest BCUT2D eigenvalue weighted by Gasteiger charge is 2.23. The van der Waals surface area contributed by atoms with Gasteiger partial charge in [0.15, 0.2) is 5.78 Å². The van der Waals surface area contributed by atoms with E-state index >= 15 is 0 Å². The molecule has 0 unspecified atom stereocenters. The molecule has 1 aliphatic carbocycles. The molecule has 0 fully saturated rings. The Morgan fingerprint density at radius 2 is 2.04 bits per heavy atom. The summed E-state index contributed by atoms with van der Waals surface area (Å²) < 4.78 is 7.86. The molecule has 0 aliphatic heterocycles. The number of ether oxygens (including phenoxy) is 1. The Kier molecular flexibility index (Phi) is 3.68. The average Bonchev–Trinajstić information content (AvgIpc) is 3.12. The molecule has 4 rings (SSSR count). The number of carbonyl (C=O) groups is 1. The second kappa shape index (κ2) is 5.76. The molecular formula is C22H23NO2. The normalized spacial score (nSPS) is 13.6. The second-order valence-corrected chi connectivity index (χ2v) is 6.87. The van der Waals surface area contributed by atoms with Crippen molar-refractivity contribution in [2.75, 3.05) is 7.11 Å². The number of hydrogen-bond donors (Lipinski definition) is 0. The summed E-state index contributed by atoms with van der Waals surface area (Å²) in [5, 5.41) is 2.44. The van der Waals surface area contributed by atoms with E-state index in [9.17, 15) is 4.79 Å². The lowest BCUT2D eigenvalue weighted by molar-refractivity contribution is 0.101. The number of methoxy groups -OCH3 is 1. The fraction of sp³-hybridized carbons (Fsp3) is 0.318. The fourth-order valence-corrected chi connectivity index (χ4v) is 4.19. The third-order valence-electron chi connectivity index (χ3n) is 5.34. The van der Waals surface area contributed by atoms with Crippen molar-refractivity contribution in [2.24, 2.45) is 0 Å². The summed E-state index contributed by atoms with van der Waals surface area (Å²) in [6.07, 6.45) is 3.10. The van der Waals surface area contributed by atoms with Gasteiger partial charge >= 0.3 is 0 Å². The Labute approximate surface area is 147 Å². The molecule has 0 saturated heterocycles. The Hall–Kier alpha value is -2.55. The molecule has 1 aliphatic rings. The molecule has 3 heteroatoms.